The summed E-state index contributed by atoms with van der Waals surface area (Å²) in [5.74, 6) is -0.246. The molecule has 1 aliphatic heterocycles. The topological polar surface area (TPSA) is 146 Å². The number of ketones is 1. The van der Waals surface area contributed by atoms with Crippen LogP contribution in [0.5, 0.6) is 11.5 Å². The van der Waals surface area contributed by atoms with Crippen LogP contribution in [0.3, 0.4) is 0 Å². The molecule has 31 heavy (non-hydrogen) atoms. The number of hydrogen-bond acceptors (Lipinski definition) is 9. The smallest absolute Gasteiger partial charge is 0.196 e. The van der Waals surface area contributed by atoms with Gasteiger partial charge in [-0.2, -0.15) is 0 Å². The average molecular weight is 434 g/mol. The lowest BCUT2D eigenvalue weighted by molar-refractivity contribution is -0.311. The third-order valence-electron chi connectivity index (χ3n) is 4.95. The van der Waals surface area contributed by atoms with Gasteiger partial charge in [-0.05, 0) is 19.1 Å². The molecule has 0 spiro atoms. The molecule has 2 aromatic rings. The van der Waals surface area contributed by atoms with Gasteiger partial charge in [0, 0.05) is 11.6 Å². The summed E-state index contributed by atoms with van der Waals surface area (Å²) in [6.45, 7) is 1.08. The van der Waals surface area contributed by atoms with E-state index in [1.165, 1.54) is 18.2 Å². The number of phenolic OH excluding ortho intramolecular Hbond substituents is 1. The predicted molar refractivity (Wildman–Crippen MR) is 108 cm³/mol. The van der Waals surface area contributed by atoms with Crippen LogP contribution >= 0.6 is 0 Å². The van der Waals surface area contributed by atoms with E-state index in [1.54, 1.807) is 37.3 Å². The fourth-order valence-corrected chi connectivity index (χ4v) is 3.20. The summed E-state index contributed by atoms with van der Waals surface area (Å²) in [6, 6.07) is 12.9. The molecule has 1 heterocycles. The second-order valence-corrected chi connectivity index (χ2v) is 7.33. The highest BCUT2D eigenvalue weighted by Gasteiger charge is 2.44. The fraction of sp³-hybridized carbons (Fsp3) is 0.409. The Balaban J connectivity index is 1.57. The highest BCUT2D eigenvalue weighted by Crippen LogP contribution is 2.27. The number of aromatic hydroxyl groups is 1. The number of aliphatic hydroxyl groups is 4. The quantitative estimate of drug-likeness (QED) is 0.368. The van der Waals surface area contributed by atoms with Crippen molar-refractivity contribution >= 4 is 5.78 Å². The van der Waals surface area contributed by atoms with E-state index in [0.717, 1.165) is 0 Å². The van der Waals surface area contributed by atoms with Crippen LogP contribution < -0.4 is 4.74 Å². The first-order valence-corrected chi connectivity index (χ1v) is 9.83. The molecule has 1 unspecified atom stereocenters. The first kappa shape index (κ1) is 23.1. The van der Waals surface area contributed by atoms with Crippen LogP contribution in [-0.2, 0) is 9.47 Å². The maximum Gasteiger partial charge on any atom is 0.196 e. The first-order chi connectivity index (χ1) is 14.8. The van der Waals surface area contributed by atoms with Gasteiger partial charge in [-0.1, -0.05) is 30.3 Å². The number of rotatable bonds is 8. The van der Waals surface area contributed by atoms with Crippen LogP contribution in [0.2, 0.25) is 0 Å². The van der Waals surface area contributed by atoms with Gasteiger partial charge >= 0.3 is 0 Å². The molecule has 0 bridgehead atoms. The molecule has 1 aliphatic rings. The standard InChI is InChI=1S/C22H26O9/c1-12(30-22-21(28)20(27)19(26)17(10-23)31-22)11-29-14-7-8-15(16(24)9-14)18(25)13-5-3-2-4-6-13/h2-9,12,17,19-24,26-28H,10-11H2,1H3/t12?,17-,19-,20+,21-,22-/m1/s1. The zero-order chi connectivity index (χ0) is 22.5. The van der Waals surface area contributed by atoms with Gasteiger partial charge in [-0.15, -0.1) is 0 Å². The number of ether oxygens (including phenoxy) is 3. The molecule has 5 N–H and O–H groups in total. The maximum atomic E-state index is 12.5. The minimum atomic E-state index is -1.53. The Morgan fingerprint density at radius 2 is 1.77 bits per heavy atom. The summed E-state index contributed by atoms with van der Waals surface area (Å²) in [4.78, 5) is 12.5. The van der Waals surface area contributed by atoms with Crippen molar-refractivity contribution in [1.29, 1.82) is 0 Å². The number of aliphatic hydroxyl groups excluding tert-OH is 4. The fourth-order valence-electron chi connectivity index (χ4n) is 3.20. The predicted octanol–water partition coefficient (Wildman–Crippen LogP) is 0.207. The lowest BCUT2D eigenvalue weighted by Gasteiger charge is -2.40. The van der Waals surface area contributed by atoms with E-state index in [9.17, 15) is 30.3 Å². The van der Waals surface area contributed by atoms with Crippen molar-refractivity contribution in [2.45, 2.75) is 43.7 Å². The van der Waals surface area contributed by atoms with Gasteiger partial charge in [0.1, 0.15) is 42.5 Å². The number of benzene rings is 2. The number of hydrogen-bond donors (Lipinski definition) is 5. The minimum Gasteiger partial charge on any atom is -0.507 e. The number of carbonyl (C=O) groups is 1. The Morgan fingerprint density at radius 3 is 2.42 bits per heavy atom. The van der Waals surface area contributed by atoms with E-state index >= 15 is 0 Å². The normalized spacial score (nSPS) is 26.9. The van der Waals surface area contributed by atoms with Gasteiger partial charge in [0.15, 0.2) is 12.1 Å². The summed E-state index contributed by atoms with van der Waals surface area (Å²) in [7, 11) is 0. The van der Waals surface area contributed by atoms with Gasteiger partial charge in [-0.25, -0.2) is 0 Å². The van der Waals surface area contributed by atoms with Gasteiger partial charge < -0.3 is 39.7 Å². The largest absolute Gasteiger partial charge is 0.507 e. The Kier molecular flexibility index (Phi) is 7.60. The van der Waals surface area contributed by atoms with Crippen molar-refractivity contribution < 1.29 is 44.5 Å². The first-order valence-electron chi connectivity index (χ1n) is 9.83. The van der Waals surface area contributed by atoms with Crippen molar-refractivity contribution in [2.75, 3.05) is 13.2 Å². The van der Waals surface area contributed by atoms with E-state index in [1.807, 2.05) is 0 Å². The molecule has 0 saturated carbocycles. The van der Waals surface area contributed by atoms with E-state index < -0.39 is 43.4 Å². The maximum absolute atomic E-state index is 12.5. The molecule has 168 valence electrons. The Bertz CT molecular complexity index is 871. The highest BCUT2D eigenvalue weighted by molar-refractivity contribution is 6.10. The van der Waals surface area contributed by atoms with Crippen molar-refractivity contribution in [3.8, 4) is 11.5 Å². The van der Waals surface area contributed by atoms with Crippen molar-refractivity contribution in [3.05, 3.63) is 59.7 Å². The second kappa shape index (κ2) is 10.2. The second-order valence-electron chi connectivity index (χ2n) is 7.33. The Morgan fingerprint density at radius 1 is 1.06 bits per heavy atom. The van der Waals surface area contributed by atoms with Gasteiger partial charge in [0.05, 0.1) is 18.3 Å². The van der Waals surface area contributed by atoms with Crippen LogP contribution in [0, 0.1) is 0 Å². The van der Waals surface area contributed by atoms with Gasteiger partial charge in [0.25, 0.3) is 0 Å². The molecule has 3 rings (SSSR count). The van der Waals surface area contributed by atoms with Crippen LogP contribution in [0.4, 0.5) is 0 Å². The van der Waals surface area contributed by atoms with E-state index in [0.29, 0.717) is 11.3 Å². The molecule has 6 atom stereocenters. The van der Waals surface area contributed by atoms with Gasteiger partial charge in [-0.3, -0.25) is 4.79 Å². The summed E-state index contributed by atoms with van der Waals surface area (Å²) in [5.41, 5.74) is 0.595. The lowest BCUT2D eigenvalue weighted by Crippen LogP contribution is -2.59. The van der Waals surface area contributed by atoms with E-state index in [2.05, 4.69) is 0 Å². The summed E-state index contributed by atoms with van der Waals surface area (Å²) < 4.78 is 16.4. The molecule has 9 heteroatoms. The zero-order valence-corrected chi connectivity index (χ0v) is 16.9. The van der Waals surface area contributed by atoms with E-state index in [4.69, 9.17) is 14.2 Å². The number of carbonyl (C=O) groups excluding carboxylic acids is 1. The number of phenols is 1. The molecule has 0 aromatic heterocycles. The van der Waals surface area contributed by atoms with Crippen LogP contribution in [-0.4, -0.2) is 81.3 Å². The van der Waals surface area contributed by atoms with E-state index in [-0.39, 0.29) is 23.7 Å². The highest BCUT2D eigenvalue weighted by atomic mass is 16.7. The third-order valence-corrected chi connectivity index (χ3v) is 4.95. The van der Waals surface area contributed by atoms with Crippen LogP contribution in [0.25, 0.3) is 0 Å². The molecule has 1 fully saturated rings. The molecular weight excluding hydrogens is 408 g/mol. The lowest BCUT2D eigenvalue weighted by atomic mass is 9.99. The molecule has 0 aliphatic carbocycles. The molecular formula is C22H26O9. The molecule has 0 radical (unpaired) electrons. The molecule has 2 aromatic carbocycles. The van der Waals surface area contributed by atoms with Gasteiger partial charge in [0.2, 0.25) is 0 Å². The van der Waals surface area contributed by atoms with Crippen LogP contribution in [0.1, 0.15) is 22.8 Å². The molecule has 0 amide bonds. The third kappa shape index (κ3) is 5.40. The zero-order valence-electron chi connectivity index (χ0n) is 16.9. The summed E-state index contributed by atoms with van der Waals surface area (Å²) in [6.07, 6.45) is -7.46. The molecule has 1 saturated heterocycles. The average Bonchev–Trinajstić information content (AvgIpc) is 2.78. The molecule has 9 nitrogen and oxygen atoms in total. The van der Waals surface area contributed by atoms with Crippen LogP contribution in [0.15, 0.2) is 48.5 Å². The van der Waals surface area contributed by atoms with Crippen molar-refractivity contribution in [3.63, 3.8) is 0 Å². The Labute approximate surface area is 179 Å². The van der Waals surface area contributed by atoms with Crippen molar-refractivity contribution in [2.24, 2.45) is 0 Å². The minimum absolute atomic E-state index is 0.000435. The van der Waals surface area contributed by atoms with Crippen molar-refractivity contribution in [1.82, 2.24) is 0 Å². The monoisotopic (exact) mass is 434 g/mol. The Hall–Kier alpha value is -2.53. The SMILES string of the molecule is CC(COc1ccc(C(=O)c2ccccc2)c(O)c1)O[C@@H]1O[C@H](CO)[C@@H](O)[C@H](O)[C@H]1O. The summed E-state index contributed by atoms with van der Waals surface area (Å²) in [5, 5.41) is 49.1. The summed E-state index contributed by atoms with van der Waals surface area (Å²) >= 11 is 0.